The zero-order valence-corrected chi connectivity index (χ0v) is 13.3. The van der Waals surface area contributed by atoms with Crippen LogP contribution in [0.5, 0.6) is 0 Å². The Hall–Kier alpha value is -0.720. The van der Waals surface area contributed by atoms with Gasteiger partial charge in [0.15, 0.2) is 5.82 Å². The monoisotopic (exact) mass is 358 g/mol. The summed E-state index contributed by atoms with van der Waals surface area (Å²) in [6.07, 6.45) is 3.64. The van der Waals surface area contributed by atoms with Gasteiger partial charge >= 0.3 is 0 Å². The van der Waals surface area contributed by atoms with E-state index in [4.69, 9.17) is 11.6 Å². The van der Waals surface area contributed by atoms with Crippen LogP contribution in [-0.2, 0) is 0 Å². The number of thiophene rings is 1. The molecular formula is C12H12BrClN4S. The van der Waals surface area contributed by atoms with Crippen LogP contribution in [0.4, 0.5) is 5.95 Å². The van der Waals surface area contributed by atoms with Crippen LogP contribution in [0.25, 0.3) is 10.7 Å². The van der Waals surface area contributed by atoms with E-state index in [1.54, 1.807) is 11.3 Å². The lowest BCUT2D eigenvalue weighted by molar-refractivity contribution is 0.567. The van der Waals surface area contributed by atoms with E-state index in [0.29, 0.717) is 11.8 Å². The highest BCUT2D eigenvalue weighted by Gasteiger charge is 2.17. The highest BCUT2D eigenvalue weighted by Crippen LogP contribution is 2.32. The Labute approximate surface area is 129 Å². The third kappa shape index (κ3) is 2.90. The molecule has 0 amide bonds. The summed E-state index contributed by atoms with van der Waals surface area (Å²) in [5.74, 6) is 1.33. The van der Waals surface area contributed by atoms with Gasteiger partial charge in [-0.1, -0.05) is 0 Å². The maximum atomic E-state index is 6.04. The van der Waals surface area contributed by atoms with Crippen molar-refractivity contribution in [2.75, 3.05) is 18.0 Å². The summed E-state index contributed by atoms with van der Waals surface area (Å²) in [4.78, 5) is 16.2. The van der Waals surface area contributed by atoms with Crippen LogP contribution in [0, 0.1) is 0 Å². The lowest BCUT2D eigenvalue weighted by Crippen LogP contribution is -2.31. The van der Waals surface area contributed by atoms with Gasteiger partial charge in [0, 0.05) is 17.6 Å². The fourth-order valence-electron chi connectivity index (χ4n) is 2.13. The highest BCUT2D eigenvalue weighted by atomic mass is 79.9. The molecule has 0 aromatic carbocycles. The van der Waals surface area contributed by atoms with Crippen molar-refractivity contribution in [2.24, 2.45) is 0 Å². The Morgan fingerprint density at radius 2 is 1.95 bits per heavy atom. The lowest BCUT2D eigenvalue weighted by Gasteiger charge is -2.26. The van der Waals surface area contributed by atoms with E-state index >= 15 is 0 Å². The first-order valence-corrected chi connectivity index (χ1v) is 8.19. The van der Waals surface area contributed by atoms with E-state index in [-0.39, 0.29) is 5.28 Å². The molecule has 1 fully saturated rings. The molecule has 1 aliphatic rings. The number of hydrogen-bond acceptors (Lipinski definition) is 5. The van der Waals surface area contributed by atoms with Crippen molar-refractivity contribution in [3.05, 3.63) is 21.2 Å². The van der Waals surface area contributed by atoms with Gasteiger partial charge in [0.05, 0.1) is 4.88 Å². The second-order valence-corrected chi connectivity index (χ2v) is 6.48. The number of halogens is 2. The zero-order chi connectivity index (χ0) is 13.2. The second kappa shape index (κ2) is 5.73. The second-order valence-electron chi connectivity index (χ2n) is 4.37. The van der Waals surface area contributed by atoms with Gasteiger partial charge in [0.1, 0.15) is 0 Å². The molecule has 0 spiro atoms. The van der Waals surface area contributed by atoms with E-state index in [0.717, 1.165) is 22.4 Å². The molecule has 19 heavy (non-hydrogen) atoms. The summed E-state index contributed by atoms with van der Waals surface area (Å²) >= 11 is 11.1. The van der Waals surface area contributed by atoms with Crippen LogP contribution < -0.4 is 4.90 Å². The molecule has 0 aliphatic carbocycles. The Morgan fingerprint density at radius 1 is 1.16 bits per heavy atom. The average molecular weight is 360 g/mol. The summed E-state index contributed by atoms with van der Waals surface area (Å²) in [5, 5.41) is 2.25. The lowest BCUT2D eigenvalue weighted by atomic mass is 10.1. The van der Waals surface area contributed by atoms with Crippen molar-refractivity contribution < 1.29 is 0 Å². The number of piperidine rings is 1. The standard InChI is InChI=1S/C12H12BrClN4S/c13-8-4-7-19-9(8)10-15-11(14)17-12(16-10)18-5-2-1-3-6-18/h4,7H,1-3,5-6H2. The molecule has 2 aromatic rings. The maximum absolute atomic E-state index is 6.04. The van der Waals surface area contributed by atoms with E-state index < -0.39 is 0 Å². The third-order valence-electron chi connectivity index (χ3n) is 3.06. The van der Waals surface area contributed by atoms with Gasteiger partial charge < -0.3 is 4.90 Å². The smallest absolute Gasteiger partial charge is 0.230 e. The molecule has 1 aliphatic heterocycles. The molecule has 2 aromatic heterocycles. The Morgan fingerprint density at radius 3 is 2.63 bits per heavy atom. The third-order valence-corrected chi connectivity index (χ3v) is 5.06. The Kier molecular flexibility index (Phi) is 4.00. The molecule has 0 N–H and O–H groups in total. The minimum absolute atomic E-state index is 0.255. The molecule has 4 nitrogen and oxygen atoms in total. The molecular weight excluding hydrogens is 348 g/mol. The van der Waals surface area contributed by atoms with Crippen molar-refractivity contribution in [1.29, 1.82) is 0 Å². The number of aromatic nitrogens is 3. The molecule has 100 valence electrons. The average Bonchev–Trinajstić information content (AvgIpc) is 2.85. The number of anilines is 1. The predicted molar refractivity (Wildman–Crippen MR) is 81.9 cm³/mol. The van der Waals surface area contributed by atoms with Crippen LogP contribution >= 0.6 is 38.9 Å². The molecule has 1 saturated heterocycles. The summed E-state index contributed by atoms with van der Waals surface area (Å²) in [5.41, 5.74) is 0. The molecule has 0 atom stereocenters. The van der Waals surface area contributed by atoms with Crippen molar-refractivity contribution in [3.8, 4) is 10.7 Å². The molecule has 3 heterocycles. The summed E-state index contributed by atoms with van der Waals surface area (Å²) < 4.78 is 0.990. The van der Waals surface area contributed by atoms with Crippen LogP contribution in [0.1, 0.15) is 19.3 Å². The minimum Gasteiger partial charge on any atom is -0.341 e. The normalized spacial score (nSPS) is 15.8. The van der Waals surface area contributed by atoms with Crippen molar-refractivity contribution >= 4 is 44.8 Å². The predicted octanol–water partition coefficient (Wildman–Crippen LogP) is 4.01. The van der Waals surface area contributed by atoms with Crippen LogP contribution in [-0.4, -0.2) is 28.0 Å². The highest BCUT2D eigenvalue weighted by molar-refractivity contribution is 9.10. The van der Waals surface area contributed by atoms with E-state index in [2.05, 4.69) is 35.8 Å². The van der Waals surface area contributed by atoms with Gasteiger partial charge in [-0.25, -0.2) is 0 Å². The van der Waals surface area contributed by atoms with Crippen LogP contribution in [0.2, 0.25) is 5.28 Å². The number of nitrogens with zero attached hydrogens (tertiary/aromatic N) is 4. The molecule has 0 unspecified atom stereocenters. The fourth-order valence-corrected chi connectivity index (χ4v) is 3.77. The quantitative estimate of drug-likeness (QED) is 0.812. The summed E-state index contributed by atoms with van der Waals surface area (Å²) in [6, 6.07) is 1.98. The fraction of sp³-hybridized carbons (Fsp3) is 0.417. The minimum atomic E-state index is 0.255. The number of hydrogen-bond donors (Lipinski definition) is 0. The molecule has 3 rings (SSSR count). The Balaban J connectivity index is 1.98. The SMILES string of the molecule is Clc1nc(-c2sccc2Br)nc(N2CCCCC2)n1. The molecule has 0 radical (unpaired) electrons. The largest absolute Gasteiger partial charge is 0.341 e. The van der Waals surface area contributed by atoms with Gasteiger partial charge in [-0.15, -0.1) is 11.3 Å². The summed E-state index contributed by atoms with van der Waals surface area (Å²) in [7, 11) is 0. The van der Waals surface area contributed by atoms with Gasteiger partial charge in [-0.2, -0.15) is 15.0 Å². The van der Waals surface area contributed by atoms with Crippen molar-refractivity contribution in [2.45, 2.75) is 19.3 Å². The van der Waals surface area contributed by atoms with E-state index in [9.17, 15) is 0 Å². The first-order valence-electron chi connectivity index (χ1n) is 6.14. The zero-order valence-electron chi connectivity index (χ0n) is 10.1. The van der Waals surface area contributed by atoms with Crippen LogP contribution in [0.15, 0.2) is 15.9 Å². The van der Waals surface area contributed by atoms with Gasteiger partial charge in [-0.05, 0) is 58.2 Å². The van der Waals surface area contributed by atoms with Crippen LogP contribution in [0.3, 0.4) is 0 Å². The summed E-state index contributed by atoms with van der Waals surface area (Å²) in [6.45, 7) is 1.98. The first-order chi connectivity index (χ1) is 9.24. The van der Waals surface area contributed by atoms with Gasteiger partial charge in [0.25, 0.3) is 0 Å². The maximum Gasteiger partial charge on any atom is 0.230 e. The topological polar surface area (TPSA) is 41.9 Å². The molecule has 0 saturated carbocycles. The van der Waals surface area contributed by atoms with Gasteiger partial charge in [0.2, 0.25) is 11.2 Å². The van der Waals surface area contributed by atoms with Gasteiger partial charge in [-0.3, -0.25) is 0 Å². The van der Waals surface area contributed by atoms with E-state index in [1.165, 1.54) is 19.3 Å². The number of rotatable bonds is 2. The van der Waals surface area contributed by atoms with E-state index in [1.807, 2.05) is 11.4 Å². The molecule has 0 bridgehead atoms. The van der Waals surface area contributed by atoms with Crippen molar-refractivity contribution in [3.63, 3.8) is 0 Å². The Bertz CT molecular complexity index is 583. The molecule has 7 heteroatoms. The first kappa shape index (κ1) is 13.3. The van der Waals surface area contributed by atoms with Crippen molar-refractivity contribution in [1.82, 2.24) is 15.0 Å².